The molecule has 2 heteroatoms. The molecular formula is C22H38N2. The summed E-state index contributed by atoms with van der Waals surface area (Å²) in [6, 6.07) is 11.0. The molecule has 1 fully saturated rings. The van der Waals surface area contributed by atoms with E-state index in [1.165, 1.54) is 43.2 Å². The van der Waals surface area contributed by atoms with Crippen molar-refractivity contribution in [2.75, 3.05) is 0 Å². The van der Waals surface area contributed by atoms with Gasteiger partial charge >= 0.3 is 0 Å². The molecule has 2 N–H and O–H groups in total. The molecule has 0 heterocycles. The molecule has 1 aliphatic rings. The van der Waals surface area contributed by atoms with Gasteiger partial charge in [-0.25, -0.2) is 0 Å². The summed E-state index contributed by atoms with van der Waals surface area (Å²) in [5.74, 6) is 0. The molecule has 0 aliphatic heterocycles. The van der Waals surface area contributed by atoms with Crippen LogP contribution in [-0.4, -0.2) is 23.0 Å². The minimum atomic E-state index is 0.267. The molecule has 1 aromatic carbocycles. The number of nitrogens with two attached hydrogens (primary N) is 1. The maximum Gasteiger partial charge on any atom is 0.0239 e. The van der Waals surface area contributed by atoms with Crippen molar-refractivity contribution >= 4 is 0 Å². The third-order valence-electron chi connectivity index (χ3n) is 6.35. The van der Waals surface area contributed by atoms with Gasteiger partial charge in [0.05, 0.1) is 0 Å². The van der Waals surface area contributed by atoms with Crippen LogP contribution in [0.25, 0.3) is 0 Å². The fourth-order valence-corrected chi connectivity index (χ4v) is 4.24. The monoisotopic (exact) mass is 330 g/mol. The summed E-state index contributed by atoms with van der Waals surface area (Å²) >= 11 is 0. The molecule has 0 aromatic heterocycles. The molecule has 1 aliphatic carbocycles. The van der Waals surface area contributed by atoms with Crippen molar-refractivity contribution in [2.24, 2.45) is 5.73 Å². The van der Waals surface area contributed by atoms with Gasteiger partial charge in [-0.1, -0.05) is 51.5 Å². The molecule has 0 saturated heterocycles. The lowest BCUT2D eigenvalue weighted by Crippen LogP contribution is -2.39. The van der Waals surface area contributed by atoms with Gasteiger partial charge in [-0.3, -0.25) is 4.90 Å². The largest absolute Gasteiger partial charge is 0.328 e. The van der Waals surface area contributed by atoms with E-state index in [1.54, 1.807) is 0 Å². The quantitative estimate of drug-likeness (QED) is 0.740. The number of hydrogen-bond acceptors (Lipinski definition) is 2. The summed E-state index contributed by atoms with van der Waals surface area (Å²) in [6.45, 7) is 12.7. The van der Waals surface area contributed by atoms with E-state index < -0.39 is 0 Å². The van der Waals surface area contributed by atoms with Crippen LogP contribution >= 0.6 is 0 Å². The highest BCUT2D eigenvalue weighted by Gasteiger charge is 2.32. The number of nitrogens with zero attached hydrogens (tertiary/aromatic N) is 1. The molecule has 24 heavy (non-hydrogen) atoms. The zero-order chi connectivity index (χ0) is 17.7. The third-order valence-corrected chi connectivity index (χ3v) is 6.35. The summed E-state index contributed by atoms with van der Waals surface area (Å²) < 4.78 is 0. The maximum absolute atomic E-state index is 6.23. The van der Waals surface area contributed by atoms with Gasteiger partial charge in [0.15, 0.2) is 0 Å². The Labute approximate surface area is 149 Å². The topological polar surface area (TPSA) is 29.3 Å². The highest BCUT2D eigenvalue weighted by molar-refractivity contribution is 5.29. The van der Waals surface area contributed by atoms with Crippen LogP contribution in [0.15, 0.2) is 24.3 Å². The van der Waals surface area contributed by atoms with Crippen molar-refractivity contribution < 1.29 is 0 Å². The zero-order valence-electron chi connectivity index (χ0n) is 16.5. The van der Waals surface area contributed by atoms with Crippen LogP contribution in [0.5, 0.6) is 0 Å². The van der Waals surface area contributed by atoms with Crippen LogP contribution in [0, 0.1) is 0 Å². The van der Waals surface area contributed by atoms with Gasteiger partial charge in [-0.15, -0.1) is 0 Å². The second-order valence-electron chi connectivity index (χ2n) is 8.30. The molecule has 0 amide bonds. The molecule has 0 bridgehead atoms. The molecule has 1 saturated carbocycles. The summed E-state index contributed by atoms with van der Waals surface area (Å²) in [5, 5.41) is 0. The van der Waals surface area contributed by atoms with Crippen LogP contribution in [-0.2, 0) is 12.0 Å². The molecule has 2 rings (SSSR count). The predicted molar refractivity (Wildman–Crippen MR) is 105 cm³/mol. The van der Waals surface area contributed by atoms with Gasteiger partial charge in [-0.05, 0) is 62.5 Å². The van der Waals surface area contributed by atoms with Gasteiger partial charge in [-0.2, -0.15) is 0 Å². The summed E-state index contributed by atoms with van der Waals surface area (Å²) in [7, 11) is 0. The van der Waals surface area contributed by atoms with Crippen LogP contribution in [0.3, 0.4) is 0 Å². The average Bonchev–Trinajstić information content (AvgIpc) is 2.58. The third kappa shape index (κ3) is 4.61. The van der Waals surface area contributed by atoms with E-state index in [1.807, 2.05) is 0 Å². The van der Waals surface area contributed by atoms with Crippen molar-refractivity contribution in [2.45, 2.75) is 103 Å². The van der Waals surface area contributed by atoms with Crippen molar-refractivity contribution in [1.29, 1.82) is 0 Å². The lowest BCUT2D eigenvalue weighted by molar-refractivity contribution is 0.137. The highest BCUT2D eigenvalue weighted by Crippen LogP contribution is 2.38. The Kier molecular flexibility index (Phi) is 6.88. The molecule has 0 radical (unpaired) electrons. The van der Waals surface area contributed by atoms with Gasteiger partial charge < -0.3 is 5.73 Å². The van der Waals surface area contributed by atoms with Crippen LogP contribution < -0.4 is 5.73 Å². The van der Waals surface area contributed by atoms with E-state index in [9.17, 15) is 0 Å². The van der Waals surface area contributed by atoms with Crippen molar-refractivity contribution in [3.63, 3.8) is 0 Å². The zero-order valence-corrected chi connectivity index (χ0v) is 16.5. The molecule has 1 aromatic rings. The Morgan fingerprint density at radius 3 is 2.21 bits per heavy atom. The van der Waals surface area contributed by atoms with Crippen molar-refractivity contribution in [1.82, 2.24) is 4.90 Å². The molecule has 4 atom stereocenters. The van der Waals surface area contributed by atoms with Gasteiger partial charge in [0.1, 0.15) is 0 Å². The van der Waals surface area contributed by atoms with E-state index in [0.29, 0.717) is 18.1 Å². The first-order valence-corrected chi connectivity index (χ1v) is 10.00. The number of benzene rings is 1. The lowest BCUT2D eigenvalue weighted by Gasteiger charge is -2.37. The Hall–Kier alpha value is -0.860. The molecular weight excluding hydrogens is 292 g/mol. The van der Waals surface area contributed by atoms with Gasteiger partial charge in [0.25, 0.3) is 0 Å². The second kappa shape index (κ2) is 8.49. The van der Waals surface area contributed by atoms with E-state index in [-0.39, 0.29) is 5.41 Å². The SMILES string of the molecule is CCC(C)N(Cc1ccc(C2(C)CCCC(N)C2)cc1)C(C)CC. The van der Waals surface area contributed by atoms with Crippen LogP contribution in [0.2, 0.25) is 0 Å². The second-order valence-corrected chi connectivity index (χ2v) is 8.30. The molecule has 136 valence electrons. The Morgan fingerprint density at radius 1 is 1.12 bits per heavy atom. The first-order valence-electron chi connectivity index (χ1n) is 10.00. The first-order chi connectivity index (χ1) is 11.4. The average molecular weight is 331 g/mol. The Morgan fingerprint density at radius 2 is 1.71 bits per heavy atom. The van der Waals surface area contributed by atoms with E-state index in [2.05, 4.69) is 63.8 Å². The highest BCUT2D eigenvalue weighted by atomic mass is 15.2. The lowest BCUT2D eigenvalue weighted by atomic mass is 9.69. The smallest absolute Gasteiger partial charge is 0.0239 e. The molecule has 2 nitrogen and oxygen atoms in total. The van der Waals surface area contributed by atoms with E-state index in [0.717, 1.165) is 13.0 Å². The van der Waals surface area contributed by atoms with Crippen molar-refractivity contribution in [3.05, 3.63) is 35.4 Å². The normalized spacial score (nSPS) is 27.2. The van der Waals surface area contributed by atoms with Gasteiger partial charge in [0.2, 0.25) is 0 Å². The molecule has 0 spiro atoms. The first kappa shape index (κ1) is 19.5. The van der Waals surface area contributed by atoms with Gasteiger partial charge in [0, 0.05) is 24.7 Å². The standard InChI is InChI=1S/C22H38N2/c1-6-17(3)24(18(4)7-2)16-19-10-12-20(13-11-19)22(5)14-8-9-21(23)15-22/h10-13,17-18,21H,6-9,14-16,23H2,1-5H3. The fraction of sp³-hybridized carbons (Fsp3) is 0.727. The van der Waals surface area contributed by atoms with E-state index in [4.69, 9.17) is 5.73 Å². The minimum absolute atomic E-state index is 0.267. The van der Waals surface area contributed by atoms with Crippen LogP contribution in [0.1, 0.15) is 84.3 Å². The van der Waals surface area contributed by atoms with E-state index >= 15 is 0 Å². The number of rotatable bonds is 7. The van der Waals surface area contributed by atoms with Crippen molar-refractivity contribution in [3.8, 4) is 0 Å². The summed E-state index contributed by atoms with van der Waals surface area (Å²) in [4.78, 5) is 2.65. The summed E-state index contributed by atoms with van der Waals surface area (Å²) in [6.07, 6.45) is 7.25. The minimum Gasteiger partial charge on any atom is -0.328 e. The predicted octanol–water partition coefficient (Wildman–Crippen LogP) is 5.24. The Bertz CT molecular complexity index is 485. The fourth-order valence-electron chi connectivity index (χ4n) is 4.24. The number of hydrogen-bond donors (Lipinski definition) is 1. The Balaban J connectivity index is 2.10. The maximum atomic E-state index is 6.23. The summed E-state index contributed by atoms with van der Waals surface area (Å²) in [5.41, 5.74) is 9.41. The van der Waals surface area contributed by atoms with Crippen LogP contribution in [0.4, 0.5) is 0 Å². The molecule has 4 unspecified atom stereocenters.